The molecular formula is C32H28F2N2O3. The summed E-state index contributed by atoms with van der Waals surface area (Å²) in [4.78, 5) is 17.3. The van der Waals surface area contributed by atoms with Crippen molar-refractivity contribution in [3.05, 3.63) is 108 Å². The summed E-state index contributed by atoms with van der Waals surface area (Å²) in [5, 5.41) is 10.2. The zero-order valence-electron chi connectivity index (χ0n) is 22.1. The quantitative estimate of drug-likeness (QED) is 0.245. The first-order chi connectivity index (χ1) is 18.5. The number of hydrogen-bond acceptors (Lipinski definition) is 3. The van der Waals surface area contributed by atoms with E-state index >= 15 is 0 Å². The lowest BCUT2D eigenvalue weighted by molar-refractivity contribution is -0.160. The molecule has 0 fully saturated rings. The molecule has 0 amide bonds. The number of imidazole rings is 1. The maximum Gasteiger partial charge on any atom is 0.337 e. The smallest absolute Gasteiger partial charge is 0.337 e. The molecule has 7 heteroatoms. The van der Waals surface area contributed by atoms with Crippen molar-refractivity contribution in [1.29, 1.82) is 0 Å². The van der Waals surface area contributed by atoms with Crippen molar-refractivity contribution in [2.24, 2.45) is 0 Å². The highest BCUT2D eigenvalue weighted by molar-refractivity contribution is 5.82. The number of ether oxygens (including phenoxy) is 1. The summed E-state index contributed by atoms with van der Waals surface area (Å²) < 4.78 is 35.2. The Labute approximate surface area is 225 Å². The van der Waals surface area contributed by atoms with E-state index < -0.39 is 23.5 Å². The molecule has 0 bridgehead atoms. The van der Waals surface area contributed by atoms with Crippen molar-refractivity contribution in [2.75, 3.05) is 0 Å². The Morgan fingerprint density at radius 2 is 1.46 bits per heavy atom. The van der Waals surface area contributed by atoms with Gasteiger partial charge in [-0.15, -0.1) is 0 Å². The second-order valence-electron chi connectivity index (χ2n) is 10.5. The number of aliphatic carboxylic acids is 1. The Balaban J connectivity index is 1.73. The van der Waals surface area contributed by atoms with Crippen LogP contribution in [-0.2, 0) is 9.53 Å². The van der Waals surface area contributed by atoms with Crippen LogP contribution in [0, 0.1) is 18.6 Å². The van der Waals surface area contributed by atoms with Crippen molar-refractivity contribution in [1.82, 2.24) is 9.38 Å². The monoisotopic (exact) mass is 526 g/mol. The summed E-state index contributed by atoms with van der Waals surface area (Å²) in [7, 11) is 0. The van der Waals surface area contributed by atoms with Gasteiger partial charge in [0, 0.05) is 17.3 Å². The van der Waals surface area contributed by atoms with Crippen LogP contribution in [0.2, 0.25) is 0 Å². The fourth-order valence-electron chi connectivity index (χ4n) is 4.72. The molecule has 0 radical (unpaired) electrons. The SMILES string of the molecule is Cc1cc2nc(-c3cccc(-c4ccc(F)cc4)c3)cn2c(-c2ccc(F)cc2)c1[C@H](OC(C)(C)C)C(=O)O. The molecule has 0 aliphatic rings. The van der Waals surface area contributed by atoms with E-state index in [0.29, 0.717) is 33.7 Å². The molecule has 0 spiro atoms. The average Bonchev–Trinajstić information content (AvgIpc) is 3.31. The predicted molar refractivity (Wildman–Crippen MR) is 147 cm³/mol. The van der Waals surface area contributed by atoms with E-state index in [-0.39, 0.29) is 5.82 Å². The van der Waals surface area contributed by atoms with E-state index in [2.05, 4.69) is 0 Å². The lowest BCUT2D eigenvalue weighted by Crippen LogP contribution is -2.28. The van der Waals surface area contributed by atoms with E-state index in [1.54, 1.807) is 45.0 Å². The minimum Gasteiger partial charge on any atom is -0.479 e. The highest BCUT2D eigenvalue weighted by Gasteiger charge is 2.32. The van der Waals surface area contributed by atoms with Crippen LogP contribution in [0.15, 0.2) is 85.1 Å². The van der Waals surface area contributed by atoms with Crippen LogP contribution < -0.4 is 0 Å². The second-order valence-corrected chi connectivity index (χ2v) is 10.5. The first-order valence-corrected chi connectivity index (χ1v) is 12.6. The third-order valence-corrected chi connectivity index (χ3v) is 6.41. The van der Waals surface area contributed by atoms with Gasteiger partial charge >= 0.3 is 5.97 Å². The van der Waals surface area contributed by atoms with Gasteiger partial charge in [-0.25, -0.2) is 18.6 Å². The highest BCUT2D eigenvalue weighted by atomic mass is 19.1. The molecule has 5 nitrogen and oxygen atoms in total. The number of carboxylic acid groups (broad SMARTS) is 1. The molecular weight excluding hydrogens is 498 g/mol. The van der Waals surface area contributed by atoms with Crippen molar-refractivity contribution in [3.63, 3.8) is 0 Å². The summed E-state index contributed by atoms with van der Waals surface area (Å²) >= 11 is 0. The number of aryl methyl sites for hydroxylation is 1. The van der Waals surface area contributed by atoms with Crippen LogP contribution in [-0.4, -0.2) is 26.1 Å². The van der Waals surface area contributed by atoms with E-state index in [9.17, 15) is 18.7 Å². The lowest BCUT2D eigenvalue weighted by Gasteiger charge is -2.28. The Hall–Kier alpha value is -4.36. The topological polar surface area (TPSA) is 63.8 Å². The van der Waals surface area contributed by atoms with Gasteiger partial charge in [0.15, 0.2) is 6.10 Å². The van der Waals surface area contributed by atoms with Gasteiger partial charge < -0.3 is 9.84 Å². The number of carbonyl (C=O) groups is 1. The van der Waals surface area contributed by atoms with Crippen LogP contribution in [0.1, 0.15) is 38.0 Å². The number of benzene rings is 3. The van der Waals surface area contributed by atoms with Gasteiger partial charge in [0.2, 0.25) is 0 Å². The molecule has 5 aromatic rings. The third-order valence-electron chi connectivity index (χ3n) is 6.41. The van der Waals surface area contributed by atoms with Crippen LogP contribution in [0.4, 0.5) is 8.78 Å². The van der Waals surface area contributed by atoms with Crippen molar-refractivity contribution in [2.45, 2.75) is 39.4 Å². The van der Waals surface area contributed by atoms with Gasteiger partial charge in [0.1, 0.15) is 17.3 Å². The Kier molecular flexibility index (Phi) is 6.78. The van der Waals surface area contributed by atoms with E-state index in [4.69, 9.17) is 9.72 Å². The molecule has 0 aliphatic carbocycles. The number of fused-ring (bicyclic) bond motifs is 1. The van der Waals surface area contributed by atoms with Gasteiger partial charge in [-0.3, -0.25) is 4.40 Å². The van der Waals surface area contributed by atoms with Gasteiger partial charge in [0.05, 0.1) is 17.0 Å². The van der Waals surface area contributed by atoms with Gasteiger partial charge in [-0.1, -0.05) is 30.3 Å². The molecule has 1 N–H and O–H groups in total. The summed E-state index contributed by atoms with van der Waals surface area (Å²) in [6, 6.07) is 21.8. The molecule has 0 saturated carbocycles. The van der Waals surface area contributed by atoms with Gasteiger partial charge in [-0.05, 0) is 98.5 Å². The Morgan fingerprint density at radius 3 is 2.05 bits per heavy atom. The summed E-state index contributed by atoms with van der Waals surface area (Å²) in [5.74, 6) is -1.82. The molecule has 39 heavy (non-hydrogen) atoms. The van der Waals surface area contributed by atoms with Crippen LogP contribution in [0.5, 0.6) is 0 Å². The zero-order chi connectivity index (χ0) is 27.9. The number of hydrogen-bond donors (Lipinski definition) is 1. The Bertz CT molecular complexity index is 1670. The van der Waals surface area contributed by atoms with E-state index in [1.807, 2.05) is 47.9 Å². The van der Waals surface area contributed by atoms with E-state index in [1.165, 1.54) is 24.3 Å². The molecule has 198 valence electrons. The normalized spacial score (nSPS) is 12.6. The molecule has 5 rings (SSSR count). The minimum absolute atomic E-state index is 0.301. The lowest BCUT2D eigenvalue weighted by atomic mass is 9.96. The standard InChI is InChI=1S/C32H28F2N2O3/c1-19-16-27-35-26(23-7-5-6-22(17-23)20-8-12-24(33)13-9-20)18-36(27)29(21-10-14-25(34)15-11-21)28(19)30(31(37)38)39-32(2,3)4/h5-18,30H,1-4H3,(H,37,38)/t30-/m0/s1. The number of aromatic nitrogens is 2. The molecule has 0 aliphatic heterocycles. The molecule has 0 saturated heterocycles. The molecule has 3 aromatic carbocycles. The molecule has 2 aromatic heterocycles. The number of nitrogens with zero attached hydrogens (tertiary/aromatic N) is 2. The largest absolute Gasteiger partial charge is 0.479 e. The first kappa shape index (κ1) is 26.3. The van der Waals surface area contributed by atoms with E-state index in [0.717, 1.165) is 16.7 Å². The maximum absolute atomic E-state index is 13.9. The zero-order valence-corrected chi connectivity index (χ0v) is 22.1. The maximum atomic E-state index is 13.9. The fraction of sp³-hybridized carbons (Fsp3) is 0.188. The molecule has 1 atom stereocenters. The minimum atomic E-state index is -1.26. The van der Waals surface area contributed by atoms with Crippen molar-refractivity contribution in [3.8, 4) is 33.6 Å². The van der Waals surface area contributed by atoms with Gasteiger partial charge in [0.25, 0.3) is 0 Å². The third kappa shape index (κ3) is 5.45. The van der Waals surface area contributed by atoms with Crippen LogP contribution in [0.25, 0.3) is 39.3 Å². The summed E-state index contributed by atoms with van der Waals surface area (Å²) in [5.41, 5.74) is 5.52. The fourth-order valence-corrected chi connectivity index (χ4v) is 4.72. The summed E-state index contributed by atoms with van der Waals surface area (Å²) in [6.07, 6.45) is 0.582. The van der Waals surface area contributed by atoms with Crippen LogP contribution in [0.3, 0.4) is 0 Å². The van der Waals surface area contributed by atoms with Crippen molar-refractivity contribution < 1.29 is 23.4 Å². The molecule has 2 heterocycles. The number of rotatable bonds is 6. The molecule has 0 unspecified atom stereocenters. The van der Waals surface area contributed by atoms with Gasteiger partial charge in [-0.2, -0.15) is 0 Å². The first-order valence-electron chi connectivity index (χ1n) is 12.6. The predicted octanol–water partition coefficient (Wildman–Crippen LogP) is 7.86. The second kappa shape index (κ2) is 10.1. The number of pyridine rings is 1. The van der Waals surface area contributed by atoms with Crippen molar-refractivity contribution >= 4 is 11.6 Å². The highest BCUT2D eigenvalue weighted by Crippen LogP contribution is 2.37. The number of carboxylic acids is 1. The average molecular weight is 527 g/mol. The summed E-state index contributed by atoms with van der Waals surface area (Å²) in [6.45, 7) is 7.24. The van der Waals surface area contributed by atoms with Crippen LogP contribution >= 0.6 is 0 Å². The number of halogens is 2. The Morgan fingerprint density at radius 1 is 0.872 bits per heavy atom.